The van der Waals surface area contributed by atoms with Crippen molar-refractivity contribution in [2.45, 2.75) is 46.0 Å². The summed E-state index contributed by atoms with van der Waals surface area (Å²) in [5.74, 6) is 1.79. The highest BCUT2D eigenvalue weighted by Gasteiger charge is 2.22. The molecule has 1 aromatic carbocycles. The SMILES string of the molecule is CCCCCCOc1cccc(N2CCC(CNCC)C2)c1. The van der Waals surface area contributed by atoms with Crippen LogP contribution in [0.3, 0.4) is 0 Å². The predicted molar refractivity (Wildman–Crippen MR) is 94.9 cm³/mol. The minimum absolute atomic E-state index is 0.776. The van der Waals surface area contributed by atoms with Gasteiger partial charge in [0.15, 0.2) is 0 Å². The summed E-state index contributed by atoms with van der Waals surface area (Å²) in [5.41, 5.74) is 1.31. The Morgan fingerprint density at radius 3 is 2.95 bits per heavy atom. The Morgan fingerprint density at radius 1 is 1.23 bits per heavy atom. The fourth-order valence-electron chi connectivity index (χ4n) is 3.07. The number of ether oxygens (including phenoxy) is 1. The summed E-state index contributed by atoms with van der Waals surface area (Å²) in [7, 11) is 0. The quantitative estimate of drug-likeness (QED) is 0.659. The van der Waals surface area contributed by atoms with Crippen molar-refractivity contribution in [1.29, 1.82) is 0 Å². The maximum absolute atomic E-state index is 5.91. The molecule has 1 N–H and O–H groups in total. The van der Waals surface area contributed by atoms with E-state index in [4.69, 9.17) is 4.74 Å². The highest BCUT2D eigenvalue weighted by molar-refractivity contribution is 5.51. The second-order valence-corrected chi connectivity index (χ2v) is 6.31. The molecule has 0 aromatic heterocycles. The van der Waals surface area contributed by atoms with E-state index in [-0.39, 0.29) is 0 Å². The van der Waals surface area contributed by atoms with Crippen LogP contribution in [0.4, 0.5) is 5.69 Å². The van der Waals surface area contributed by atoms with Crippen molar-refractivity contribution in [3.63, 3.8) is 0 Å². The fraction of sp³-hybridized carbons (Fsp3) is 0.684. The van der Waals surface area contributed by atoms with E-state index in [0.717, 1.165) is 50.9 Å². The summed E-state index contributed by atoms with van der Waals surface area (Å²) < 4.78 is 5.91. The molecule has 0 amide bonds. The van der Waals surface area contributed by atoms with Gasteiger partial charge in [0.05, 0.1) is 6.61 Å². The third-order valence-corrected chi connectivity index (χ3v) is 4.42. The van der Waals surface area contributed by atoms with Crippen LogP contribution in [-0.2, 0) is 0 Å². The average molecular weight is 304 g/mol. The summed E-state index contributed by atoms with van der Waals surface area (Å²) in [6.07, 6.45) is 6.30. The maximum Gasteiger partial charge on any atom is 0.121 e. The minimum atomic E-state index is 0.776. The average Bonchev–Trinajstić information content (AvgIpc) is 3.02. The van der Waals surface area contributed by atoms with Crippen molar-refractivity contribution < 1.29 is 4.74 Å². The number of anilines is 1. The Morgan fingerprint density at radius 2 is 2.14 bits per heavy atom. The molecule has 1 atom stereocenters. The molecule has 0 spiro atoms. The van der Waals surface area contributed by atoms with Crippen LogP contribution in [0, 0.1) is 5.92 Å². The molecule has 0 saturated carbocycles. The predicted octanol–water partition coefficient (Wildman–Crippen LogP) is 4.08. The monoisotopic (exact) mass is 304 g/mol. The first kappa shape index (κ1) is 17.1. The molecule has 2 rings (SSSR count). The molecule has 0 aliphatic carbocycles. The minimum Gasteiger partial charge on any atom is -0.494 e. The Hall–Kier alpha value is -1.22. The second kappa shape index (κ2) is 9.73. The van der Waals surface area contributed by atoms with Crippen LogP contribution in [-0.4, -0.2) is 32.8 Å². The van der Waals surface area contributed by atoms with Crippen LogP contribution in [0.5, 0.6) is 5.75 Å². The normalized spacial score (nSPS) is 17.9. The van der Waals surface area contributed by atoms with Gasteiger partial charge in [-0.15, -0.1) is 0 Å². The summed E-state index contributed by atoms with van der Waals surface area (Å²) in [4.78, 5) is 2.49. The zero-order chi connectivity index (χ0) is 15.6. The van der Waals surface area contributed by atoms with E-state index in [1.54, 1.807) is 0 Å². The van der Waals surface area contributed by atoms with Crippen LogP contribution in [0.25, 0.3) is 0 Å². The van der Waals surface area contributed by atoms with Gasteiger partial charge in [0.2, 0.25) is 0 Å². The highest BCUT2D eigenvalue weighted by atomic mass is 16.5. The van der Waals surface area contributed by atoms with Gasteiger partial charge in [-0.1, -0.05) is 39.2 Å². The second-order valence-electron chi connectivity index (χ2n) is 6.31. The molecule has 1 aromatic rings. The number of hydrogen-bond acceptors (Lipinski definition) is 3. The Balaban J connectivity index is 1.78. The molecule has 0 radical (unpaired) electrons. The molecule has 124 valence electrons. The smallest absolute Gasteiger partial charge is 0.121 e. The first-order chi connectivity index (χ1) is 10.8. The molecule has 1 unspecified atom stereocenters. The lowest BCUT2D eigenvalue weighted by molar-refractivity contribution is 0.305. The number of hydrogen-bond donors (Lipinski definition) is 1. The summed E-state index contributed by atoms with van der Waals surface area (Å²) in [6.45, 7) is 9.78. The molecule has 1 aliphatic heterocycles. The van der Waals surface area contributed by atoms with Crippen molar-refractivity contribution in [2.24, 2.45) is 5.92 Å². The first-order valence-corrected chi connectivity index (χ1v) is 9.02. The molecule has 1 aliphatic rings. The van der Waals surface area contributed by atoms with Crippen LogP contribution < -0.4 is 15.0 Å². The zero-order valence-electron chi connectivity index (χ0n) is 14.3. The van der Waals surface area contributed by atoms with Crippen molar-refractivity contribution >= 4 is 5.69 Å². The number of nitrogens with one attached hydrogen (secondary N) is 1. The van der Waals surface area contributed by atoms with Gasteiger partial charge in [-0.25, -0.2) is 0 Å². The molecule has 3 heteroatoms. The van der Waals surface area contributed by atoms with Gasteiger partial charge in [0, 0.05) is 24.8 Å². The molecule has 1 heterocycles. The van der Waals surface area contributed by atoms with Crippen molar-refractivity contribution in [3.05, 3.63) is 24.3 Å². The lowest BCUT2D eigenvalue weighted by Gasteiger charge is -2.19. The van der Waals surface area contributed by atoms with Gasteiger partial charge in [0.25, 0.3) is 0 Å². The van der Waals surface area contributed by atoms with E-state index < -0.39 is 0 Å². The lowest BCUT2D eigenvalue weighted by Crippen LogP contribution is -2.26. The van der Waals surface area contributed by atoms with E-state index >= 15 is 0 Å². The summed E-state index contributed by atoms with van der Waals surface area (Å²) in [6, 6.07) is 8.61. The summed E-state index contributed by atoms with van der Waals surface area (Å²) in [5, 5.41) is 3.47. The standard InChI is InChI=1S/C19H32N2O/c1-3-5-6-7-13-22-19-10-8-9-18(14-19)21-12-11-17(16-21)15-20-4-2/h8-10,14,17,20H,3-7,11-13,15-16H2,1-2H3. The van der Waals surface area contributed by atoms with E-state index in [1.807, 2.05) is 0 Å². The lowest BCUT2D eigenvalue weighted by atomic mass is 10.1. The van der Waals surface area contributed by atoms with Crippen molar-refractivity contribution in [1.82, 2.24) is 5.32 Å². The fourth-order valence-corrected chi connectivity index (χ4v) is 3.07. The Kier molecular flexibility index (Phi) is 7.58. The van der Waals surface area contributed by atoms with E-state index in [2.05, 4.69) is 48.3 Å². The van der Waals surface area contributed by atoms with E-state index in [0.29, 0.717) is 0 Å². The number of rotatable bonds is 10. The van der Waals surface area contributed by atoms with Crippen LogP contribution >= 0.6 is 0 Å². The van der Waals surface area contributed by atoms with Crippen LogP contribution in [0.1, 0.15) is 46.0 Å². The summed E-state index contributed by atoms with van der Waals surface area (Å²) >= 11 is 0. The molecular formula is C19H32N2O. The van der Waals surface area contributed by atoms with Gasteiger partial charge in [-0.05, 0) is 44.0 Å². The number of unbranched alkanes of at least 4 members (excludes halogenated alkanes) is 3. The zero-order valence-corrected chi connectivity index (χ0v) is 14.3. The van der Waals surface area contributed by atoms with E-state index in [1.165, 1.54) is 31.4 Å². The third kappa shape index (κ3) is 5.53. The first-order valence-electron chi connectivity index (χ1n) is 9.02. The number of benzene rings is 1. The van der Waals surface area contributed by atoms with Gasteiger partial charge in [0.1, 0.15) is 5.75 Å². The highest BCUT2D eigenvalue weighted by Crippen LogP contribution is 2.26. The van der Waals surface area contributed by atoms with Crippen molar-refractivity contribution in [2.75, 3.05) is 37.7 Å². The maximum atomic E-state index is 5.91. The van der Waals surface area contributed by atoms with Gasteiger partial charge >= 0.3 is 0 Å². The molecule has 1 fully saturated rings. The van der Waals surface area contributed by atoms with E-state index in [9.17, 15) is 0 Å². The van der Waals surface area contributed by atoms with Crippen LogP contribution in [0.15, 0.2) is 24.3 Å². The molecular weight excluding hydrogens is 272 g/mol. The van der Waals surface area contributed by atoms with Gasteiger partial charge in [-0.2, -0.15) is 0 Å². The molecule has 22 heavy (non-hydrogen) atoms. The number of nitrogens with zero attached hydrogens (tertiary/aromatic N) is 1. The van der Waals surface area contributed by atoms with Gasteiger partial charge in [-0.3, -0.25) is 0 Å². The topological polar surface area (TPSA) is 24.5 Å². The molecule has 0 bridgehead atoms. The van der Waals surface area contributed by atoms with Crippen molar-refractivity contribution in [3.8, 4) is 5.75 Å². The van der Waals surface area contributed by atoms with Crippen LogP contribution in [0.2, 0.25) is 0 Å². The molecule has 1 saturated heterocycles. The molecule has 3 nitrogen and oxygen atoms in total. The largest absolute Gasteiger partial charge is 0.494 e. The Labute approximate surface area is 136 Å². The third-order valence-electron chi connectivity index (χ3n) is 4.42. The Bertz CT molecular complexity index is 422. The van der Waals surface area contributed by atoms with Gasteiger partial charge < -0.3 is 15.0 Å².